The van der Waals surface area contributed by atoms with E-state index in [9.17, 15) is 0 Å². The molecule has 0 heterocycles. The average Bonchev–Trinajstić information content (AvgIpc) is 3.02. The van der Waals surface area contributed by atoms with Crippen LogP contribution in [0.25, 0.3) is 22.3 Å². The normalized spacial score (nSPS) is 37.0. The van der Waals surface area contributed by atoms with Gasteiger partial charge >= 0.3 is 0 Å². The van der Waals surface area contributed by atoms with E-state index in [1.54, 1.807) is 88.2 Å². The van der Waals surface area contributed by atoms with Crippen molar-refractivity contribution >= 4 is 17.2 Å². The summed E-state index contributed by atoms with van der Waals surface area (Å²) >= 11 is 0. The first-order chi connectivity index (χ1) is 22.2. The van der Waals surface area contributed by atoms with Gasteiger partial charge in [0.2, 0.25) is 0 Å². The average molecular weight is 647 g/mol. The van der Waals surface area contributed by atoms with E-state index in [1.807, 2.05) is 0 Å². The van der Waals surface area contributed by atoms with Gasteiger partial charge in [-0.3, -0.25) is 0 Å². The lowest BCUT2D eigenvalue weighted by Gasteiger charge is -2.67. The lowest BCUT2D eigenvalue weighted by atomic mass is 9.55. The molecule has 3 aromatic rings. The summed E-state index contributed by atoms with van der Waals surface area (Å²) in [5.41, 5.74) is 9.54. The summed E-state index contributed by atoms with van der Waals surface area (Å²) in [7, 11) is 3.24. The van der Waals surface area contributed by atoms with E-state index in [0.717, 1.165) is 35.5 Å². The molecule has 0 N–H and O–H groups in total. The maximum absolute atomic E-state index is 3.36. The minimum Gasteiger partial charge on any atom is -0.129 e. The van der Waals surface area contributed by atoms with Gasteiger partial charge < -0.3 is 0 Å². The van der Waals surface area contributed by atoms with Crippen LogP contribution in [0.5, 0.6) is 0 Å². The molecule has 0 radical (unpaired) electrons. The van der Waals surface area contributed by atoms with Crippen LogP contribution < -0.4 is 0 Å². The highest BCUT2D eigenvalue weighted by Crippen LogP contribution is 2.80. The first-order valence-electron chi connectivity index (χ1n) is 19.0. The van der Waals surface area contributed by atoms with Crippen LogP contribution in [0.3, 0.4) is 0 Å². The molecule has 8 saturated carbocycles. The molecule has 11 rings (SSSR count). The van der Waals surface area contributed by atoms with Crippen molar-refractivity contribution in [1.29, 1.82) is 0 Å². The predicted molar refractivity (Wildman–Crippen MR) is 202 cm³/mol. The zero-order valence-corrected chi connectivity index (χ0v) is 30.7. The van der Waals surface area contributed by atoms with Crippen molar-refractivity contribution in [2.24, 2.45) is 40.9 Å². The highest BCUT2D eigenvalue weighted by Gasteiger charge is 2.62. The minimum absolute atomic E-state index is 0.116. The van der Waals surface area contributed by atoms with E-state index in [-0.39, 0.29) is 13.3 Å². The highest BCUT2D eigenvalue weighted by atomic mass is 31.1. The van der Waals surface area contributed by atoms with Crippen LogP contribution in [0.1, 0.15) is 115 Å². The van der Waals surface area contributed by atoms with Crippen LogP contribution in [-0.4, -0.2) is 10.3 Å². The van der Waals surface area contributed by atoms with Gasteiger partial charge in [0.15, 0.2) is 0 Å². The number of rotatable bonds is 7. The molecule has 46 heavy (non-hydrogen) atoms. The topological polar surface area (TPSA) is 0 Å². The van der Waals surface area contributed by atoms with Crippen LogP contribution in [0.15, 0.2) is 72.8 Å². The smallest absolute Gasteiger partial charge is 0.00368 e. The molecule has 3 aromatic carbocycles. The fraction of sp³-hybridized carbons (Fsp3) is 0.591. The molecule has 0 aliphatic heterocycles. The lowest BCUT2D eigenvalue weighted by molar-refractivity contribution is 0.0184. The van der Waals surface area contributed by atoms with Crippen LogP contribution in [-0.2, 0) is 6.16 Å². The van der Waals surface area contributed by atoms with Gasteiger partial charge in [-0.25, -0.2) is 0 Å². The van der Waals surface area contributed by atoms with Crippen molar-refractivity contribution in [2.45, 2.75) is 120 Å². The molecular formula is C44H56P2. The molecular weight excluding hydrogens is 590 g/mol. The lowest BCUT2D eigenvalue weighted by Crippen LogP contribution is -2.56. The Balaban J connectivity index is 1.23. The van der Waals surface area contributed by atoms with E-state index in [4.69, 9.17) is 0 Å². The third-order valence-corrected chi connectivity index (χ3v) is 19.6. The molecule has 242 valence electrons. The Bertz CT molecular complexity index is 1460. The predicted octanol–water partition coefficient (Wildman–Crippen LogP) is 12.9. The second kappa shape index (κ2) is 11.3. The van der Waals surface area contributed by atoms with Gasteiger partial charge in [0.25, 0.3) is 0 Å². The van der Waals surface area contributed by atoms with Crippen molar-refractivity contribution in [1.82, 2.24) is 0 Å². The SMILES string of the molecule is CC(C)(C)C(P)c1cc(-c2ccccc2)c(-c2ccccc2)cc1CP(C12CC3CC(CC(C3)C1)C2)C12CC3CC(CC(C3)C1)C2. The third kappa shape index (κ3) is 5.22. The van der Waals surface area contributed by atoms with Gasteiger partial charge in [-0.15, -0.1) is 9.24 Å². The second-order valence-electron chi connectivity index (χ2n) is 18.5. The van der Waals surface area contributed by atoms with E-state index in [2.05, 4.69) is 103 Å². The van der Waals surface area contributed by atoms with Crippen molar-refractivity contribution in [3.63, 3.8) is 0 Å². The van der Waals surface area contributed by atoms with E-state index < -0.39 is 0 Å². The van der Waals surface area contributed by atoms with Crippen LogP contribution in [0.4, 0.5) is 0 Å². The molecule has 0 saturated heterocycles. The highest BCUT2D eigenvalue weighted by molar-refractivity contribution is 7.60. The summed E-state index contributed by atoms with van der Waals surface area (Å²) < 4.78 is 0. The van der Waals surface area contributed by atoms with Crippen LogP contribution in [0, 0.1) is 40.9 Å². The molecule has 8 fully saturated rings. The van der Waals surface area contributed by atoms with Gasteiger partial charge in [-0.05, 0) is 180 Å². The van der Waals surface area contributed by atoms with E-state index in [1.165, 1.54) is 28.4 Å². The maximum atomic E-state index is 3.36. The molecule has 8 aliphatic rings. The summed E-state index contributed by atoms with van der Waals surface area (Å²) in [6.45, 7) is 7.38. The van der Waals surface area contributed by atoms with Crippen molar-refractivity contribution in [2.75, 3.05) is 0 Å². The number of hydrogen-bond donors (Lipinski definition) is 0. The summed E-state index contributed by atoms with van der Waals surface area (Å²) in [6, 6.07) is 28.1. The third-order valence-electron chi connectivity index (χ3n) is 14.2. The Hall–Kier alpha value is -1.48. The quantitative estimate of drug-likeness (QED) is 0.224. The Kier molecular flexibility index (Phi) is 7.50. The largest absolute Gasteiger partial charge is 0.129 e. The molecule has 0 amide bonds. The van der Waals surface area contributed by atoms with E-state index >= 15 is 0 Å². The standard InChI is InChI=1S/C44H56P2/c1-42(2,3)41(45)40-21-39(36-12-8-5-9-13-36)38(35-10-6-4-7-11-35)20-37(40)28-46(43-22-29-14-30(23-43)16-31(15-29)24-43)44-25-32-17-33(26-44)19-34(18-32)27-44/h4-13,20-21,29-34,41H,14-19,22-28,45H2,1-3H3. The molecule has 2 atom stereocenters. The molecule has 8 bridgehead atoms. The van der Waals surface area contributed by atoms with Crippen molar-refractivity contribution < 1.29 is 0 Å². The zero-order valence-electron chi connectivity index (χ0n) is 28.7. The van der Waals surface area contributed by atoms with Gasteiger partial charge in [0.05, 0.1) is 0 Å². The molecule has 0 nitrogen and oxygen atoms in total. The second-order valence-corrected chi connectivity index (χ2v) is 22.3. The summed E-state index contributed by atoms with van der Waals surface area (Å²) in [6.07, 6.45) is 20.3. The van der Waals surface area contributed by atoms with E-state index in [0.29, 0.717) is 16.0 Å². The Morgan fingerprint density at radius 1 is 0.609 bits per heavy atom. The van der Waals surface area contributed by atoms with Gasteiger partial charge in [-0.2, -0.15) is 0 Å². The first-order valence-corrected chi connectivity index (χ1v) is 21.2. The van der Waals surface area contributed by atoms with Crippen LogP contribution >= 0.6 is 17.2 Å². The summed E-state index contributed by atoms with van der Waals surface area (Å²) in [5.74, 6) is 6.22. The van der Waals surface area contributed by atoms with Gasteiger partial charge in [0.1, 0.15) is 0 Å². The minimum atomic E-state index is -0.116. The Morgan fingerprint density at radius 3 is 1.35 bits per heavy atom. The van der Waals surface area contributed by atoms with Gasteiger partial charge in [0, 0.05) is 5.66 Å². The number of hydrogen-bond acceptors (Lipinski definition) is 0. The molecule has 2 unspecified atom stereocenters. The Morgan fingerprint density at radius 2 is 0.978 bits per heavy atom. The summed E-state index contributed by atoms with van der Waals surface area (Å²) in [4.78, 5) is 0. The first kappa shape index (κ1) is 30.6. The van der Waals surface area contributed by atoms with Crippen molar-refractivity contribution in [3.8, 4) is 22.3 Å². The Labute approximate surface area is 283 Å². The number of benzene rings is 3. The molecule has 8 aliphatic carbocycles. The summed E-state index contributed by atoms with van der Waals surface area (Å²) in [5, 5.41) is 1.30. The van der Waals surface area contributed by atoms with Crippen molar-refractivity contribution in [3.05, 3.63) is 83.9 Å². The fourth-order valence-corrected chi connectivity index (χ4v) is 18.5. The molecule has 0 aromatic heterocycles. The molecule has 0 spiro atoms. The van der Waals surface area contributed by atoms with Gasteiger partial charge in [-0.1, -0.05) is 89.4 Å². The maximum Gasteiger partial charge on any atom is 0.00368 e. The van der Waals surface area contributed by atoms with Crippen LogP contribution in [0.2, 0.25) is 0 Å². The molecule has 2 heteroatoms. The monoisotopic (exact) mass is 646 g/mol. The zero-order chi connectivity index (χ0) is 31.3. The fourth-order valence-electron chi connectivity index (χ4n) is 13.1.